The molecule has 0 heterocycles. The van der Waals surface area contributed by atoms with Gasteiger partial charge in [-0.15, -0.1) is 0 Å². The summed E-state index contributed by atoms with van der Waals surface area (Å²) < 4.78 is 0. The summed E-state index contributed by atoms with van der Waals surface area (Å²) in [5.74, 6) is -6.07. The Bertz CT molecular complexity index is 1240. The van der Waals surface area contributed by atoms with Crippen LogP contribution in [-0.4, -0.2) is 120 Å². The summed E-state index contributed by atoms with van der Waals surface area (Å²) in [4.78, 5) is 108. The molecule has 0 aromatic rings. The molecule has 1 aliphatic rings. The van der Waals surface area contributed by atoms with E-state index in [-0.39, 0.29) is 68.8 Å². The number of ketones is 1. The predicted molar refractivity (Wildman–Crippen MR) is 182 cm³/mol. The molecule has 0 radical (unpaired) electrons. The summed E-state index contributed by atoms with van der Waals surface area (Å²) in [5, 5.41) is 31.5. The molecule has 1 unspecified atom stereocenters. The minimum atomic E-state index is -1.15. The van der Waals surface area contributed by atoms with Crippen LogP contribution in [0.1, 0.15) is 84.5 Å². The quantitative estimate of drug-likeness (QED) is 0.0537. The molecular weight excluding hydrogens is 670 g/mol. The molecule has 0 bridgehead atoms. The van der Waals surface area contributed by atoms with Gasteiger partial charge in [-0.3, -0.25) is 38.4 Å². The van der Waals surface area contributed by atoms with Gasteiger partial charge in [-0.1, -0.05) is 0 Å². The van der Waals surface area contributed by atoms with Crippen molar-refractivity contribution in [3.8, 4) is 0 Å². The first-order valence-electron chi connectivity index (χ1n) is 17.3. The van der Waals surface area contributed by atoms with Crippen LogP contribution in [-0.2, 0) is 43.2 Å². The van der Waals surface area contributed by atoms with E-state index in [9.17, 15) is 48.3 Å². The lowest BCUT2D eigenvalue weighted by Crippen LogP contribution is -2.47. The molecule has 9 N–H and O–H groups in total. The summed E-state index contributed by atoms with van der Waals surface area (Å²) in [7, 11) is 1.37. The average molecular weight is 726 g/mol. The molecular formula is C33H55N7O11. The lowest BCUT2D eigenvalue weighted by atomic mass is 9.81. The maximum atomic E-state index is 12.7. The zero-order valence-electron chi connectivity index (χ0n) is 29.8. The fraction of sp³-hybridized carbons (Fsp3) is 0.727. The van der Waals surface area contributed by atoms with Gasteiger partial charge in [-0.25, -0.2) is 4.79 Å². The van der Waals surface area contributed by atoms with E-state index in [1.54, 1.807) is 0 Å². The smallest absolute Gasteiger partial charge is 0.326 e. The summed E-state index contributed by atoms with van der Waals surface area (Å²) in [6, 6.07) is -1.75. The summed E-state index contributed by atoms with van der Waals surface area (Å²) in [6.07, 6.45) is 4.24. The molecule has 0 aromatic heterocycles. The van der Waals surface area contributed by atoms with E-state index < -0.39 is 59.5 Å². The number of nitrogens with two attached hydrogens (primary N) is 1. The van der Waals surface area contributed by atoms with Crippen molar-refractivity contribution in [2.45, 2.75) is 96.6 Å². The Kier molecular flexibility index (Phi) is 20.7. The second-order valence-corrected chi connectivity index (χ2v) is 12.9. The van der Waals surface area contributed by atoms with Gasteiger partial charge in [0.25, 0.3) is 0 Å². The molecule has 1 saturated carbocycles. The van der Waals surface area contributed by atoms with Crippen LogP contribution in [0.4, 0.5) is 0 Å². The van der Waals surface area contributed by atoms with Crippen molar-refractivity contribution in [1.29, 1.82) is 0 Å². The Labute approximate surface area is 297 Å². The number of aliphatic carboxylic acids is 2. The first kappa shape index (κ1) is 44.4. The first-order chi connectivity index (χ1) is 24.0. The zero-order chi connectivity index (χ0) is 38.5. The molecule has 51 heavy (non-hydrogen) atoms. The van der Waals surface area contributed by atoms with Crippen molar-refractivity contribution in [2.75, 3.05) is 39.8 Å². The van der Waals surface area contributed by atoms with E-state index in [1.807, 2.05) is 0 Å². The van der Waals surface area contributed by atoms with E-state index in [0.717, 1.165) is 4.90 Å². The second kappa shape index (κ2) is 23.7. The predicted octanol–water partition coefficient (Wildman–Crippen LogP) is -1.35. The van der Waals surface area contributed by atoms with Crippen molar-refractivity contribution < 1.29 is 53.4 Å². The van der Waals surface area contributed by atoms with Crippen molar-refractivity contribution >= 4 is 53.2 Å². The molecule has 18 heteroatoms. The summed E-state index contributed by atoms with van der Waals surface area (Å²) >= 11 is 0. The standard InChI is InChI=1S/C33H55N7O11/c1-20(32(48)49)40(3)30(46)9-6-7-24(33(50)51)15-26(42)36-17-22-10-12-23(13-11-22)31(47)35-14-5-4-8-25(21(2)41)39-29(45)19-38-28(44)18-37-27(43)16-34/h20,22-25H,4-19,34H2,1-3H3,(H,35,47)(H,36,42)(H,37,43)(H,38,44)(H,39,45)(H,48,49)(H,50,51)/t20-,22?,23?,24+,25?/m0/s1. The van der Waals surface area contributed by atoms with Gasteiger partial charge in [0.15, 0.2) is 5.78 Å². The van der Waals surface area contributed by atoms with Gasteiger partial charge >= 0.3 is 11.9 Å². The average Bonchev–Trinajstić information content (AvgIpc) is 3.09. The number of carboxylic acids is 2. The highest BCUT2D eigenvalue weighted by molar-refractivity contribution is 5.91. The first-order valence-corrected chi connectivity index (χ1v) is 17.3. The van der Waals surface area contributed by atoms with E-state index in [0.29, 0.717) is 58.0 Å². The number of hydrogen-bond acceptors (Lipinski definition) is 10. The fourth-order valence-electron chi connectivity index (χ4n) is 5.50. The van der Waals surface area contributed by atoms with E-state index in [1.165, 1.54) is 20.9 Å². The lowest BCUT2D eigenvalue weighted by molar-refractivity contribution is -0.148. The van der Waals surface area contributed by atoms with Gasteiger partial charge in [-0.2, -0.15) is 0 Å². The number of Topliss-reactive ketones (excluding diaryl/α,β-unsaturated/α-hetero) is 1. The topological polar surface area (TPSA) is 283 Å². The number of nitrogens with one attached hydrogen (secondary N) is 5. The van der Waals surface area contributed by atoms with E-state index >= 15 is 0 Å². The summed E-state index contributed by atoms with van der Waals surface area (Å²) in [5.41, 5.74) is 5.14. The molecule has 18 nitrogen and oxygen atoms in total. The number of amides is 6. The fourth-order valence-corrected chi connectivity index (χ4v) is 5.50. The number of unbranched alkanes of at least 4 members (excludes halogenated alkanes) is 1. The Morgan fingerprint density at radius 1 is 0.765 bits per heavy atom. The molecule has 0 spiro atoms. The number of carboxylic acid groups (broad SMARTS) is 2. The van der Waals surface area contributed by atoms with Crippen LogP contribution in [0.3, 0.4) is 0 Å². The highest BCUT2D eigenvalue weighted by atomic mass is 16.4. The molecule has 288 valence electrons. The maximum Gasteiger partial charge on any atom is 0.326 e. The van der Waals surface area contributed by atoms with E-state index in [4.69, 9.17) is 10.8 Å². The van der Waals surface area contributed by atoms with Gasteiger partial charge < -0.3 is 47.4 Å². The minimum Gasteiger partial charge on any atom is -0.481 e. The zero-order valence-corrected chi connectivity index (χ0v) is 29.8. The van der Waals surface area contributed by atoms with Gasteiger partial charge in [0.2, 0.25) is 35.4 Å². The van der Waals surface area contributed by atoms with Gasteiger partial charge in [-0.05, 0) is 77.6 Å². The van der Waals surface area contributed by atoms with Gasteiger partial charge in [0.05, 0.1) is 31.6 Å². The van der Waals surface area contributed by atoms with Crippen molar-refractivity contribution in [3.63, 3.8) is 0 Å². The SMILES string of the molecule is CC(=O)C(CCCCNC(=O)C1CCC(CNC(=O)C[C@@H](CCCC(=O)N(C)[C@@H](C)C(=O)O)C(=O)O)CC1)NC(=O)CNC(=O)CNC(=O)CN. The van der Waals surface area contributed by atoms with Crippen molar-refractivity contribution in [2.24, 2.45) is 23.5 Å². The molecule has 0 aromatic carbocycles. The number of likely N-dealkylation sites (N-methyl/N-ethyl adjacent to an activating group) is 1. The number of rotatable bonds is 24. The number of nitrogens with zero attached hydrogens (tertiary/aromatic N) is 1. The van der Waals surface area contributed by atoms with Crippen LogP contribution in [0, 0.1) is 17.8 Å². The summed E-state index contributed by atoms with van der Waals surface area (Å²) in [6.45, 7) is 2.54. The van der Waals surface area contributed by atoms with Crippen LogP contribution < -0.4 is 32.3 Å². The highest BCUT2D eigenvalue weighted by Crippen LogP contribution is 2.28. The third-order valence-electron chi connectivity index (χ3n) is 8.98. The molecule has 6 amide bonds. The Balaban J connectivity index is 2.30. The van der Waals surface area contributed by atoms with Crippen LogP contribution in [0.25, 0.3) is 0 Å². The molecule has 3 atom stereocenters. The number of carbonyl (C=O) groups is 9. The van der Waals surface area contributed by atoms with Crippen LogP contribution >= 0.6 is 0 Å². The van der Waals surface area contributed by atoms with Crippen LogP contribution in [0.5, 0.6) is 0 Å². The van der Waals surface area contributed by atoms with Crippen LogP contribution in [0.2, 0.25) is 0 Å². The molecule has 1 aliphatic carbocycles. The third-order valence-corrected chi connectivity index (χ3v) is 8.98. The van der Waals surface area contributed by atoms with Gasteiger partial charge in [0, 0.05) is 38.9 Å². The van der Waals surface area contributed by atoms with Crippen LogP contribution in [0.15, 0.2) is 0 Å². The van der Waals surface area contributed by atoms with Gasteiger partial charge in [0.1, 0.15) is 6.04 Å². The molecule has 0 aliphatic heterocycles. The Hall–Kier alpha value is -4.61. The molecule has 1 rings (SSSR count). The number of hydrogen-bond donors (Lipinski definition) is 8. The maximum absolute atomic E-state index is 12.7. The number of carbonyl (C=O) groups excluding carboxylic acids is 7. The highest BCUT2D eigenvalue weighted by Gasteiger charge is 2.28. The van der Waals surface area contributed by atoms with E-state index in [2.05, 4.69) is 26.6 Å². The third kappa shape index (κ3) is 18.3. The van der Waals surface area contributed by atoms with Crippen molar-refractivity contribution in [3.05, 3.63) is 0 Å². The molecule has 1 fully saturated rings. The lowest BCUT2D eigenvalue weighted by Gasteiger charge is -2.28. The largest absolute Gasteiger partial charge is 0.481 e. The minimum absolute atomic E-state index is 0.0263. The Morgan fingerprint density at radius 3 is 1.98 bits per heavy atom. The second-order valence-electron chi connectivity index (χ2n) is 12.9. The monoisotopic (exact) mass is 725 g/mol. The Morgan fingerprint density at radius 2 is 1.39 bits per heavy atom. The molecule has 0 saturated heterocycles. The van der Waals surface area contributed by atoms with Crippen molar-refractivity contribution in [1.82, 2.24) is 31.5 Å². The normalized spacial score (nSPS) is 17.1.